The molecule has 0 aliphatic carbocycles. The normalized spacial score (nSPS) is 9.79. The van der Waals surface area contributed by atoms with Crippen LogP contribution in [0.25, 0.3) is 0 Å². The van der Waals surface area contributed by atoms with Gasteiger partial charge in [0.05, 0.1) is 12.6 Å². The van der Waals surface area contributed by atoms with E-state index in [1.54, 1.807) is 0 Å². The summed E-state index contributed by atoms with van der Waals surface area (Å²) in [6.45, 7) is 0.135. The van der Waals surface area contributed by atoms with Crippen LogP contribution in [-0.4, -0.2) is 40.5 Å². The van der Waals surface area contributed by atoms with Gasteiger partial charge in [-0.15, -0.1) is 0 Å². The van der Waals surface area contributed by atoms with Crippen LogP contribution in [0.15, 0.2) is 16.9 Å². The molecule has 0 radical (unpaired) electrons. The number of aromatic nitrogens is 1. The molecule has 0 atom stereocenters. The molecule has 1 amide bonds. The highest BCUT2D eigenvalue weighted by Crippen LogP contribution is 2.00. The molecule has 14 heavy (non-hydrogen) atoms. The summed E-state index contributed by atoms with van der Waals surface area (Å²) in [4.78, 5) is 26.5. The number of carbonyl (C=O) groups excluding carboxylic acids is 1. The van der Waals surface area contributed by atoms with Crippen molar-refractivity contribution in [1.29, 1.82) is 0 Å². The van der Waals surface area contributed by atoms with E-state index >= 15 is 0 Å². The molecule has 0 unspecified atom stereocenters. The number of hydrogen-bond donors (Lipinski definition) is 1. The minimum absolute atomic E-state index is 0.0297. The van der Waals surface area contributed by atoms with E-state index in [1.165, 1.54) is 24.4 Å². The van der Waals surface area contributed by atoms with Crippen LogP contribution >= 0.6 is 0 Å². The van der Waals surface area contributed by atoms with E-state index in [-0.39, 0.29) is 18.9 Å². The number of carboxylic acid groups (broad SMARTS) is 1. The van der Waals surface area contributed by atoms with Gasteiger partial charge >= 0.3 is 11.9 Å². The molecule has 1 rings (SSSR count). The molecule has 0 fully saturated rings. The van der Waals surface area contributed by atoms with Crippen molar-refractivity contribution in [2.75, 3.05) is 13.6 Å². The van der Waals surface area contributed by atoms with Crippen LogP contribution in [0.3, 0.4) is 0 Å². The molecule has 6 nitrogen and oxygen atoms in total. The molecular formula is C8H10N2O4. The van der Waals surface area contributed by atoms with E-state index in [0.29, 0.717) is 0 Å². The van der Waals surface area contributed by atoms with Crippen molar-refractivity contribution >= 4 is 11.9 Å². The lowest BCUT2D eigenvalue weighted by Gasteiger charge is -2.12. The van der Waals surface area contributed by atoms with Crippen LogP contribution in [0, 0.1) is 0 Å². The maximum atomic E-state index is 11.4. The van der Waals surface area contributed by atoms with E-state index in [9.17, 15) is 9.59 Å². The van der Waals surface area contributed by atoms with Crippen LogP contribution < -0.4 is 0 Å². The first-order chi connectivity index (χ1) is 6.61. The van der Waals surface area contributed by atoms with Crippen molar-refractivity contribution in [3.63, 3.8) is 0 Å². The topological polar surface area (TPSA) is 83.6 Å². The van der Waals surface area contributed by atoms with Gasteiger partial charge in [-0.3, -0.25) is 9.59 Å². The van der Waals surface area contributed by atoms with Crippen LogP contribution in [-0.2, 0) is 4.79 Å². The van der Waals surface area contributed by atoms with Crippen molar-refractivity contribution < 1.29 is 19.1 Å². The van der Waals surface area contributed by atoms with Gasteiger partial charge in [0, 0.05) is 13.6 Å². The summed E-state index contributed by atoms with van der Waals surface area (Å²) in [6, 6.07) is 0. The Morgan fingerprint density at radius 1 is 1.64 bits per heavy atom. The number of rotatable bonds is 4. The van der Waals surface area contributed by atoms with Crippen molar-refractivity contribution in [1.82, 2.24) is 9.88 Å². The first kappa shape index (κ1) is 10.2. The second kappa shape index (κ2) is 4.40. The van der Waals surface area contributed by atoms with Crippen molar-refractivity contribution in [3.8, 4) is 0 Å². The number of hydrogen-bond acceptors (Lipinski definition) is 4. The number of nitrogens with zero attached hydrogens (tertiary/aromatic N) is 2. The third kappa shape index (κ3) is 2.58. The summed E-state index contributed by atoms with van der Waals surface area (Å²) >= 11 is 0. The lowest BCUT2D eigenvalue weighted by molar-refractivity contribution is -0.137. The summed E-state index contributed by atoms with van der Waals surface area (Å²) in [5.74, 6) is -1.40. The van der Waals surface area contributed by atoms with Gasteiger partial charge in [0.1, 0.15) is 6.26 Å². The lowest BCUT2D eigenvalue weighted by Crippen LogP contribution is -2.29. The molecule has 0 aliphatic rings. The SMILES string of the molecule is CN(CCC(=O)O)C(=O)c1ncco1. The Morgan fingerprint density at radius 2 is 2.36 bits per heavy atom. The van der Waals surface area contributed by atoms with Gasteiger partial charge in [-0.2, -0.15) is 0 Å². The Kier molecular flexibility index (Phi) is 3.22. The monoisotopic (exact) mass is 198 g/mol. The summed E-state index contributed by atoms with van der Waals surface area (Å²) in [5.41, 5.74) is 0. The molecule has 1 heterocycles. The minimum Gasteiger partial charge on any atom is -0.481 e. The first-order valence-corrected chi connectivity index (χ1v) is 3.98. The minimum atomic E-state index is -0.947. The largest absolute Gasteiger partial charge is 0.481 e. The Labute approximate surface area is 80.1 Å². The average Bonchev–Trinajstić information content (AvgIpc) is 2.65. The molecule has 6 heteroatoms. The van der Waals surface area contributed by atoms with Crippen molar-refractivity contribution in [3.05, 3.63) is 18.4 Å². The summed E-state index contributed by atoms with van der Waals surface area (Å²) in [7, 11) is 1.50. The second-order valence-corrected chi connectivity index (χ2v) is 2.71. The number of oxazole rings is 1. The van der Waals surface area contributed by atoms with E-state index in [2.05, 4.69) is 4.98 Å². The van der Waals surface area contributed by atoms with Crippen molar-refractivity contribution in [2.24, 2.45) is 0 Å². The number of aliphatic carboxylic acids is 1. The van der Waals surface area contributed by atoms with E-state index < -0.39 is 11.9 Å². The van der Waals surface area contributed by atoms with Gasteiger partial charge in [-0.05, 0) is 0 Å². The van der Waals surface area contributed by atoms with E-state index in [4.69, 9.17) is 9.52 Å². The Morgan fingerprint density at radius 3 is 2.86 bits per heavy atom. The quantitative estimate of drug-likeness (QED) is 0.748. The number of carboxylic acids is 1. The highest BCUT2D eigenvalue weighted by atomic mass is 16.4. The molecule has 1 aromatic rings. The van der Waals surface area contributed by atoms with Crippen molar-refractivity contribution in [2.45, 2.75) is 6.42 Å². The van der Waals surface area contributed by atoms with Gasteiger partial charge in [0.2, 0.25) is 0 Å². The molecule has 0 saturated carbocycles. The Bertz CT molecular complexity index is 320. The van der Waals surface area contributed by atoms with Gasteiger partial charge in [0.15, 0.2) is 0 Å². The molecule has 0 spiro atoms. The third-order valence-electron chi connectivity index (χ3n) is 1.62. The maximum Gasteiger partial charge on any atom is 0.309 e. The molecule has 0 saturated heterocycles. The second-order valence-electron chi connectivity index (χ2n) is 2.71. The average molecular weight is 198 g/mol. The third-order valence-corrected chi connectivity index (χ3v) is 1.62. The number of amides is 1. The molecular weight excluding hydrogens is 188 g/mol. The van der Waals surface area contributed by atoms with Crippen LogP contribution in [0.4, 0.5) is 0 Å². The standard InChI is InChI=1S/C8H10N2O4/c1-10(4-2-6(11)12)8(13)7-9-3-5-14-7/h3,5H,2,4H2,1H3,(H,11,12). The maximum absolute atomic E-state index is 11.4. The van der Waals surface area contributed by atoms with E-state index in [0.717, 1.165) is 0 Å². The van der Waals surface area contributed by atoms with Crippen LogP contribution in [0.5, 0.6) is 0 Å². The fourth-order valence-electron chi connectivity index (χ4n) is 0.857. The van der Waals surface area contributed by atoms with Crippen LogP contribution in [0.1, 0.15) is 17.1 Å². The molecule has 0 bridgehead atoms. The van der Waals surface area contributed by atoms with Gasteiger partial charge in [0.25, 0.3) is 5.89 Å². The first-order valence-electron chi connectivity index (χ1n) is 3.98. The molecule has 76 valence electrons. The Hall–Kier alpha value is -1.85. The summed E-state index contributed by atoms with van der Waals surface area (Å²) < 4.78 is 4.77. The number of carbonyl (C=O) groups is 2. The fraction of sp³-hybridized carbons (Fsp3) is 0.375. The zero-order valence-electron chi connectivity index (χ0n) is 7.64. The van der Waals surface area contributed by atoms with Gasteiger partial charge in [-0.1, -0.05) is 0 Å². The highest BCUT2D eigenvalue weighted by molar-refractivity contribution is 5.89. The summed E-state index contributed by atoms with van der Waals surface area (Å²) in [6.07, 6.45) is 2.56. The molecule has 0 aromatic carbocycles. The fourth-order valence-corrected chi connectivity index (χ4v) is 0.857. The predicted molar refractivity (Wildman–Crippen MR) is 45.7 cm³/mol. The van der Waals surface area contributed by atoms with Gasteiger partial charge in [-0.25, -0.2) is 4.98 Å². The molecule has 0 aliphatic heterocycles. The Balaban J connectivity index is 2.49. The van der Waals surface area contributed by atoms with Gasteiger partial charge < -0.3 is 14.4 Å². The summed E-state index contributed by atoms with van der Waals surface area (Å²) in [5, 5.41) is 8.40. The molecule has 1 aromatic heterocycles. The highest BCUT2D eigenvalue weighted by Gasteiger charge is 2.16. The van der Waals surface area contributed by atoms with Crippen LogP contribution in [0.2, 0.25) is 0 Å². The predicted octanol–water partition coefficient (Wildman–Crippen LogP) is 0.221. The zero-order valence-corrected chi connectivity index (χ0v) is 7.64. The zero-order chi connectivity index (χ0) is 10.6. The lowest BCUT2D eigenvalue weighted by atomic mass is 10.4. The molecule has 1 N–H and O–H groups in total. The van der Waals surface area contributed by atoms with E-state index in [1.807, 2.05) is 0 Å². The smallest absolute Gasteiger partial charge is 0.309 e.